The predicted molar refractivity (Wildman–Crippen MR) is 235 cm³/mol. The number of hydrogen-bond acceptors (Lipinski definition) is 2. The molecule has 0 aliphatic rings. The molecule has 0 radical (unpaired) electrons. The minimum atomic E-state index is 0.821. The summed E-state index contributed by atoms with van der Waals surface area (Å²) in [5.41, 5.74) is 8.95. The zero-order chi connectivity index (χ0) is 37.3. The highest BCUT2D eigenvalue weighted by Crippen LogP contribution is 2.27. The van der Waals surface area contributed by atoms with Crippen LogP contribution in [0.2, 0.25) is 0 Å². The minimum absolute atomic E-state index is 0.821. The van der Waals surface area contributed by atoms with Crippen molar-refractivity contribution in [2.24, 2.45) is 11.7 Å². The molecule has 0 aliphatic carbocycles. The molecule has 0 fully saturated rings. The third-order valence-corrected chi connectivity index (χ3v) is 11.6. The summed E-state index contributed by atoms with van der Waals surface area (Å²) in [6.07, 6.45) is 51.2. The fourth-order valence-electron chi connectivity index (χ4n) is 8.05. The van der Waals surface area contributed by atoms with Crippen molar-refractivity contribution in [3.05, 3.63) is 24.3 Å². The third kappa shape index (κ3) is 38.9. The summed E-state index contributed by atoms with van der Waals surface area (Å²) < 4.78 is 0. The zero-order valence-electron chi connectivity index (χ0n) is 36.0. The Morgan fingerprint density at radius 3 is 1.10 bits per heavy atom. The Labute approximate surface area is 324 Å². The van der Waals surface area contributed by atoms with Gasteiger partial charge in [-0.2, -0.15) is 0 Å². The van der Waals surface area contributed by atoms with Gasteiger partial charge in [-0.05, 0) is 96.3 Å². The second kappa shape index (κ2) is 42.1. The fourth-order valence-corrected chi connectivity index (χ4v) is 8.05. The molecule has 0 aromatic rings. The Balaban J connectivity index is 4.02. The van der Waals surface area contributed by atoms with Crippen molar-refractivity contribution in [2.45, 2.75) is 258 Å². The van der Waals surface area contributed by atoms with Gasteiger partial charge in [-0.15, -0.1) is 0 Å². The molecule has 51 heavy (non-hydrogen) atoms. The quantitative estimate of drug-likeness (QED) is 0.0503. The van der Waals surface area contributed by atoms with Crippen LogP contribution in [0, 0.1) is 5.92 Å². The van der Waals surface area contributed by atoms with Gasteiger partial charge in [0, 0.05) is 0 Å². The molecular weight excluding hydrogens is 617 g/mol. The third-order valence-electron chi connectivity index (χ3n) is 11.6. The molecule has 0 unspecified atom stereocenters. The average Bonchev–Trinajstić information content (AvgIpc) is 3.13. The van der Waals surface area contributed by atoms with Gasteiger partial charge in [-0.25, -0.2) is 0 Å². The van der Waals surface area contributed by atoms with Gasteiger partial charge in [0.15, 0.2) is 0 Å². The maximum Gasteiger partial charge on any atom is -0.000672 e. The van der Waals surface area contributed by atoms with Crippen LogP contribution in [-0.4, -0.2) is 31.1 Å². The molecule has 2 N–H and O–H groups in total. The standard InChI is InChI=1S/C49H98N2/c1-6-9-12-15-18-19-22-29-37-47(4)38-30-23-20-27-34-43-51(45-36-42-50)44-35-28-21-24-31-39-48(5)46-49(40-32-25-16-13-10-7-2)41-33-26-17-14-11-8-3/h49H,4-46,50H2,1-3H3. The number of allylic oxidation sites excluding steroid dienone is 2. The van der Waals surface area contributed by atoms with Crippen molar-refractivity contribution in [1.29, 1.82) is 0 Å². The number of unbranched alkanes of at least 4 members (excludes halogenated alkanes) is 25. The molecule has 2 nitrogen and oxygen atoms in total. The molecule has 0 aromatic heterocycles. The lowest BCUT2D eigenvalue weighted by molar-refractivity contribution is 0.258. The van der Waals surface area contributed by atoms with Gasteiger partial charge in [0.05, 0.1) is 0 Å². The highest BCUT2D eigenvalue weighted by molar-refractivity contribution is 4.96. The first kappa shape index (κ1) is 50.4. The van der Waals surface area contributed by atoms with Crippen molar-refractivity contribution >= 4 is 0 Å². The van der Waals surface area contributed by atoms with E-state index in [-0.39, 0.29) is 0 Å². The van der Waals surface area contributed by atoms with Crippen LogP contribution in [0.3, 0.4) is 0 Å². The second-order valence-electron chi connectivity index (χ2n) is 16.9. The van der Waals surface area contributed by atoms with E-state index in [9.17, 15) is 0 Å². The van der Waals surface area contributed by atoms with Gasteiger partial charge in [0.25, 0.3) is 0 Å². The molecule has 0 aliphatic heterocycles. The van der Waals surface area contributed by atoms with Gasteiger partial charge in [0.2, 0.25) is 0 Å². The largest absolute Gasteiger partial charge is 0.330 e. The normalized spacial score (nSPS) is 11.7. The molecular formula is C49H98N2. The molecule has 2 heteroatoms. The van der Waals surface area contributed by atoms with Crippen LogP contribution in [0.4, 0.5) is 0 Å². The summed E-state index contributed by atoms with van der Waals surface area (Å²) in [5.74, 6) is 0.892. The monoisotopic (exact) mass is 715 g/mol. The maximum absolute atomic E-state index is 5.89. The van der Waals surface area contributed by atoms with E-state index in [1.807, 2.05) is 0 Å². The second-order valence-corrected chi connectivity index (χ2v) is 16.9. The first-order valence-electron chi connectivity index (χ1n) is 23.8. The molecule has 0 saturated heterocycles. The van der Waals surface area contributed by atoms with Gasteiger partial charge in [-0.1, -0.05) is 218 Å². The molecule has 0 aromatic carbocycles. The van der Waals surface area contributed by atoms with Crippen LogP contribution >= 0.6 is 0 Å². The summed E-state index contributed by atoms with van der Waals surface area (Å²) in [4.78, 5) is 2.72. The Morgan fingerprint density at radius 1 is 0.392 bits per heavy atom. The van der Waals surface area contributed by atoms with Gasteiger partial charge in [-0.3, -0.25) is 0 Å². The molecule has 304 valence electrons. The predicted octanol–water partition coefficient (Wildman–Crippen LogP) is 16.5. The highest BCUT2D eigenvalue weighted by atomic mass is 15.1. The molecule has 0 amide bonds. The van der Waals surface area contributed by atoms with Crippen LogP contribution in [0.25, 0.3) is 0 Å². The lowest BCUT2D eigenvalue weighted by atomic mass is 9.87. The van der Waals surface area contributed by atoms with E-state index in [1.165, 1.54) is 256 Å². The fraction of sp³-hybridized carbons (Fsp3) is 0.918. The van der Waals surface area contributed by atoms with Crippen molar-refractivity contribution in [1.82, 2.24) is 4.90 Å². The van der Waals surface area contributed by atoms with E-state index in [4.69, 9.17) is 5.73 Å². The summed E-state index contributed by atoms with van der Waals surface area (Å²) in [7, 11) is 0. The van der Waals surface area contributed by atoms with E-state index < -0.39 is 0 Å². The summed E-state index contributed by atoms with van der Waals surface area (Å²) >= 11 is 0. The number of hydrogen-bond donors (Lipinski definition) is 1. The molecule has 0 saturated carbocycles. The SMILES string of the molecule is C=C(CCCCCCCCCC)CCCCCCCN(CCCN)CCCCCCCC(=C)CC(CCCCCCCC)CCCCCCCC. The Hall–Kier alpha value is -0.600. The molecule has 0 rings (SSSR count). The number of rotatable bonds is 44. The van der Waals surface area contributed by atoms with E-state index in [2.05, 4.69) is 38.8 Å². The van der Waals surface area contributed by atoms with E-state index in [0.29, 0.717) is 0 Å². The number of nitrogens with two attached hydrogens (primary N) is 1. The minimum Gasteiger partial charge on any atom is -0.330 e. The van der Waals surface area contributed by atoms with Crippen LogP contribution in [-0.2, 0) is 0 Å². The summed E-state index contributed by atoms with van der Waals surface area (Å²) in [6, 6.07) is 0. The topological polar surface area (TPSA) is 29.3 Å². The van der Waals surface area contributed by atoms with Gasteiger partial charge >= 0.3 is 0 Å². The van der Waals surface area contributed by atoms with Crippen LogP contribution in [0.15, 0.2) is 24.3 Å². The number of nitrogens with zero attached hydrogens (tertiary/aromatic N) is 1. The van der Waals surface area contributed by atoms with E-state index in [0.717, 1.165) is 18.9 Å². The van der Waals surface area contributed by atoms with Gasteiger partial charge in [0.1, 0.15) is 0 Å². The molecule has 0 spiro atoms. The average molecular weight is 715 g/mol. The maximum atomic E-state index is 5.89. The van der Waals surface area contributed by atoms with Crippen LogP contribution in [0.5, 0.6) is 0 Å². The van der Waals surface area contributed by atoms with Crippen molar-refractivity contribution in [3.63, 3.8) is 0 Å². The first-order chi connectivity index (χ1) is 25.1. The highest BCUT2D eigenvalue weighted by Gasteiger charge is 2.11. The Bertz CT molecular complexity index is 682. The zero-order valence-corrected chi connectivity index (χ0v) is 36.0. The lowest BCUT2D eigenvalue weighted by Crippen LogP contribution is -2.28. The van der Waals surface area contributed by atoms with Crippen molar-refractivity contribution in [3.8, 4) is 0 Å². The smallest absolute Gasteiger partial charge is 0.000672 e. The molecule has 0 atom stereocenters. The van der Waals surface area contributed by atoms with Crippen LogP contribution < -0.4 is 5.73 Å². The Morgan fingerprint density at radius 2 is 0.706 bits per heavy atom. The van der Waals surface area contributed by atoms with E-state index >= 15 is 0 Å². The Kier molecular flexibility index (Phi) is 41.7. The lowest BCUT2D eigenvalue weighted by Gasteiger charge is -2.22. The summed E-state index contributed by atoms with van der Waals surface area (Å²) in [5, 5.41) is 0. The molecule has 0 heterocycles. The van der Waals surface area contributed by atoms with Crippen molar-refractivity contribution in [2.75, 3.05) is 26.2 Å². The first-order valence-corrected chi connectivity index (χ1v) is 23.8. The van der Waals surface area contributed by atoms with Crippen molar-refractivity contribution < 1.29 is 0 Å². The summed E-state index contributed by atoms with van der Waals surface area (Å²) in [6.45, 7) is 20.5. The molecule has 0 bridgehead atoms. The van der Waals surface area contributed by atoms with Gasteiger partial charge < -0.3 is 10.6 Å². The van der Waals surface area contributed by atoms with Crippen LogP contribution in [0.1, 0.15) is 258 Å². The van der Waals surface area contributed by atoms with E-state index in [1.54, 1.807) is 5.57 Å².